The minimum Gasteiger partial charge on any atom is -0.338 e. The minimum absolute atomic E-state index is 0.0147. The van der Waals surface area contributed by atoms with E-state index in [1.165, 1.54) is 21.8 Å². The van der Waals surface area contributed by atoms with Gasteiger partial charge in [0.15, 0.2) is 5.65 Å². The summed E-state index contributed by atoms with van der Waals surface area (Å²) in [4.78, 5) is 16.4. The molecule has 0 spiro atoms. The van der Waals surface area contributed by atoms with E-state index in [0.29, 0.717) is 16.8 Å². The highest BCUT2D eigenvalue weighted by molar-refractivity contribution is 5.68. The van der Waals surface area contributed by atoms with Gasteiger partial charge in [0.1, 0.15) is 11.6 Å². The molecule has 0 aliphatic rings. The van der Waals surface area contributed by atoms with Crippen LogP contribution < -0.4 is 5.56 Å². The van der Waals surface area contributed by atoms with Crippen LogP contribution in [0.25, 0.3) is 16.9 Å². The number of rotatable bonds is 5. The number of hydrogen-bond donors (Lipinski definition) is 1. The Hall–Kier alpha value is -3.65. The maximum atomic E-state index is 13.1. The Morgan fingerprint density at radius 1 is 1.07 bits per heavy atom. The first-order valence-corrected chi connectivity index (χ1v) is 9.75. The maximum Gasteiger partial charge on any atom is 0.278 e. The van der Waals surface area contributed by atoms with Gasteiger partial charge in [-0.2, -0.15) is 14.9 Å². The highest BCUT2D eigenvalue weighted by atomic mass is 16.1. The average Bonchev–Trinajstić information content (AvgIpc) is 3.16. The van der Waals surface area contributed by atoms with Gasteiger partial charge in [-0.3, -0.25) is 4.79 Å². The van der Waals surface area contributed by atoms with E-state index in [-0.39, 0.29) is 11.5 Å². The van der Waals surface area contributed by atoms with Crippen LogP contribution in [0.3, 0.4) is 0 Å². The van der Waals surface area contributed by atoms with Crippen LogP contribution in [0.5, 0.6) is 0 Å². The molecule has 4 rings (SSSR count). The molecule has 2 aromatic heterocycles. The smallest absolute Gasteiger partial charge is 0.278 e. The molecular weight excluding hydrogens is 360 g/mol. The monoisotopic (exact) mass is 382 g/mol. The van der Waals surface area contributed by atoms with E-state index in [4.69, 9.17) is 0 Å². The summed E-state index contributed by atoms with van der Waals surface area (Å²) in [6.45, 7) is 3.99. The van der Waals surface area contributed by atoms with Crippen LogP contribution in [0.4, 0.5) is 0 Å². The molecule has 0 atom stereocenters. The van der Waals surface area contributed by atoms with E-state index < -0.39 is 0 Å². The fraction of sp³-hybridized carbons (Fsp3) is 0.208. The minimum atomic E-state index is -0.181. The number of aromatic nitrogens is 3. The SMILES string of the molecule is CC(C)c1c(-c2cccc(CCc3ccccc3)c2)[nH]c2c(C#N)cnn2c1=O. The van der Waals surface area contributed by atoms with E-state index in [9.17, 15) is 10.1 Å². The van der Waals surface area contributed by atoms with Gasteiger partial charge in [-0.1, -0.05) is 62.4 Å². The second-order valence-corrected chi connectivity index (χ2v) is 7.49. The topological polar surface area (TPSA) is 73.9 Å². The third kappa shape index (κ3) is 3.57. The number of nitriles is 1. The molecule has 0 fully saturated rings. The van der Waals surface area contributed by atoms with Gasteiger partial charge >= 0.3 is 0 Å². The van der Waals surface area contributed by atoms with Crippen LogP contribution in [-0.4, -0.2) is 14.6 Å². The highest BCUT2D eigenvalue weighted by Gasteiger charge is 2.19. The van der Waals surface area contributed by atoms with Crippen molar-refractivity contribution in [1.82, 2.24) is 14.6 Å². The molecule has 0 aliphatic carbocycles. The molecule has 5 nitrogen and oxygen atoms in total. The molecule has 29 heavy (non-hydrogen) atoms. The molecule has 4 aromatic rings. The summed E-state index contributed by atoms with van der Waals surface area (Å²) >= 11 is 0. The first kappa shape index (κ1) is 18.7. The summed E-state index contributed by atoms with van der Waals surface area (Å²) in [7, 11) is 0. The lowest BCUT2D eigenvalue weighted by atomic mass is 9.96. The van der Waals surface area contributed by atoms with Crippen molar-refractivity contribution in [2.45, 2.75) is 32.6 Å². The zero-order chi connectivity index (χ0) is 20.4. The lowest BCUT2D eigenvalue weighted by molar-refractivity contribution is 0.797. The molecule has 0 bridgehead atoms. The Labute approximate surface area is 169 Å². The van der Waals surface area contributed by atoms with Crippen LogP contribution >= 0.6 is 0 Å². The standard InChI is InChI=1S/C24H22N4O/c1-16(2)21-22(27-23-20(14-25)15-26-28(23)24(21)29)19-10-6-9-18(13-19)12-11-17-7-4-3-5-8-17/h3-10,13,15-16,27H,11-12H2,1-2H3. The van der Waals surface area contributed by atoms with Crippen molar-refractivity contribution in [2.24, 2.45) is 0 Å². The van der Waals surface area contributed by atoms with Gasteiger partial charge in [0.25, 0.3) is 5.56 Å². The molecule has 0 unspecified atom stereocenters. The third-order valence-electron chi connectivity index (χ3n) is 5.16. The van der Waals surface area contributed by atoms with Crippen molar-refractivity contribution in [3.63, 3.8) is 0 Å². The summed E-state index contributed by atoms with van der Waals surface area (Å²) in [6, 6.07) is 20.8. The lowest BCUT2D eigenvalue weighted by Gasteiger charge is -2.14. The van der Waals surface area contributed by atoms with Crippen molar-refractivity contribution >= 4 is 5.65 Å². The molecule has 2 heterocycles. The molecule has 0 saturated carbocycles. The summed E-state index contributed by atoms with van der Waals surface area (Å²) in [5.74, 6) is 0.0147. The number of aromatic amines is 1. The van der Waals surface area contributed by atoms with E-state index in [2.05, 4.69) is 52.6 Å². The zero-order valence-electron chi connectivity index (χ0n) is 16.5. The number of benzene rings is 2. The van der Waals surface area contributed by atoms with E-state index in [0.717, 1.165) is 24.1 Å². The number of nitrogens with zero attached hydrogens (tertiary/aromatic N) is 3. The molecule has 5 heteroatoms. The Morgan fingerprint density at radius 2 is 1.79 bits per heavy atom. The fourth-order valence-electron chi connectivity index (χ4n) is 3.69. The van der Waals surface area contributed by atoms with Gasteiger partial charge in [0, 0.05) is 5.56 Å². The van der Waals surface area contributed by atoms with Crippen molar-refractivity contribution in [1.29, 1.82) is 5.26 Å². The number of hydrogen-bond acceptors (Lipinski definition) is 3. The van der Waals surface area contributed by atoms with Gasteiger partial charge in [0.2, 0.25) is 0 Å². The van der Waals surface area contributed by atoms with Crippen LogP contribution in [0.2, 0.25) is 0 Å². The molecule has 1 N–H and O–H groups in total. The van der Waals surface area contributed by atoms with Crippen molar-refractivity contribution in [3.8, 4) is 17.3 Å². The van der Waals surface area contributed by atoms with Crippen molar-refractivity contribution in [2.75, 3.05) is 0 Å². The molecule has 0 radical (unpaired) electrons. The van der Waals surface area contributed by atoms with Gasteiger partial charge in [-0.05, 0) is 41.5 Å². The van der Waals surface area contributed by atoms with Crippen LogP contribution in [0, 0.1) is 11.3 Å². The number of nitrogens with one attached hydrogen (secondary N) is 1. The molecule has 144 valence electrons. The zero-order valence-corrected chi connectivity index (χ0v) is 16.5. The van der Waals surface area contributed by atoms with Gasteiger partial charge in [-0.25, -0.2) is 0 Å². The molecule has 0 saturated heterocycles. The number of aryl methyl sites for hydroxylation is 2. The lowest BCUT2D eigenvalue weighted by Crippen LogP contribution is -2.22. The summed E-state index contributed by atoms with van der Waals surface area (Å²) in [5.41, 5.74) is 5.50. The van der Waals surface area contributed by atoms with E-state index in [1.54, 1.807) is 0 Å². The van der Waals surface area contributed by atoms with Crippen LogP contribution in [-0.2, 0) is 12.8 Å². The largest absolute Gasteiger partial charge is 0.338 e. The van der Waals surface area contributed by atoms with Crippen LogP contribution in [0.1, 0.15) is 42.0 Å². The van der Waals surface area contributed by atoms with Crippen molar-refractivity contribution in [3.05, 3.63) is 93.4 Å². The Bertz CT molecular complexity index is 1260. The van der Waals surface area contributed by atoms with Crippen LogP contribution in [0.15, 0.2) is 65.6 Å². The summed E-state index contributed by atoms with van der Waals surface area (Å²) < 4.78 is 1.29. The number of H-pyrrole nitrogens is 1. The Balaban J connectivity index is 1.79. The normalized spacial score (nSPS) is 11.1. The Morgan fingerprint density at radius 3 is 2.52 bits per heavy atom. The third-order valence-corrected chi connectivity index (χ3v) is 5.16. The second-order valence-electron chi connectivity index (χ2n) is 7.49. The highest BCUT2D eigenvalue weighted by Crippen LogP contribution is 2.27. The predicted octanol–water partition coefficient (Wildman–Crippen LogP) is 4.47. The Kier molecular flexibility index (Phi) is 5.01. The van der Waals surface area contributed by atoms with Gasteiger partial charge < -0.3 is 4.98 Å². The van der Waals surface area contributed by atoms with Crippen molar-refractivity contribution < 1.29 is 0 Å². The van der Waals surface area contributed by atoms with Gasteiger partial charge in [0.05, 0.1) is 11.9 Å². The first-order chi connectivity index (χ1) is 14.1. The molecule has 0 aliphatic heterocycles. The van der Waals surface area contributed by atoms with Gasteiger partial charge in [-0.15, -0.1) is 0 Å². The number of fused-ring (bicyclic) bond motifs is 1. The van der Waals surface area contributed by atoms with E-state index >= 15 is 0 Å². The second kappa shape index (κ2) is 7.76. The predicted molar refractivity (Wildman–Crippen MR) is 114 cm³/mol. The molecule has 2 aromatic carbocycles. The maximum absolute atomic E-state index is 13.1. The molecule has 0 amide bonds. The molecular formula is C24H22N4O. The van der Waals surface area contributed by atoms with E-state index in [1.807, 2.05) is 32.0 Å². The average molecular weight is 382 g/mol. The quantitative estimate of drug-likeness (QED) is 0.553. The fourth-order valence-corrected chi connectivity index (χ4v) is 3.69. The summed E-state index contributed by atoms with van der Waals surface area (Å²) in [5, 5.41) is 13.5. The summed E-state index contributed by atoms with van der Waals surface area (Å²) in [6.07, 6.45) is 3.30. The first-order valence-electron chi connectivity index (χ1n) is 9.75.